The van der Waals surface area contributed by atoms with Gasteiger partial charge in [0.15, 0.2) is 0 Å². The molecular weight excluding hydrogens is 306 g/mol. The summed E-state index contributed by atoms with van der Waals surface area (Å²) in [7, 11) is 0. The van der Waals surface area contributed by atoms with Crippen molar-refractivity contribution in [1.29, 1.82) is 0 Å². The highest BCUT2D eigenvalue weighted by Crippen LogP contribution is 2.18. The van der Waals surface area contributed by atoms with E-state index >= 15 is 0 Å². The second-order valence-electron chi connectivity index (χ2n) is 4.31. The third kappa shape index (κ3) is 3.23. The van der Waals surface area contributed by atoms with Crippen molar-refractivity contribution in [2.75, 3.05) is 5.32 Å². The van der Waals surface area contributed by atoms with E-state index in [1.165, 1.54) is 0 Å². The summed E-state index contributed by atoms with van der Waals surface area (Å²) in [6.45, 7) is 3.89. The normalized spacial score (nSPS) is 12.2. The quantitative estimate of drug-likeness (QED) is 0.938. The zero-order valence-corrected chi connectivity index (χ0v) is 12.5. The van der Waals surface area contributed by atoms with Crippen LogP contribution < -0.4 is 5.32 Å². The maximum absolute atomic E-state index is 12.2. The molecule has 1 aromatic carbocycles. The van der Waals surface area contributed by atoms with E-state index in [4.69, 9.17) is 0 Å². The van der Waals surface area contributed by atoms with E-state index in [2.05, 4.69) is 33.3 Å². The first kappa shape index (κ1) is 13.8. The lowest BCUT2D eigenvalue weighted by atomic mass is 10.1. The van der Waals surface area contributed by atoms with Gasteiger partial charge in [0, 0.05) is 11.9 Å². The van der Waals surface area contributed by atoms with Crippen molar-refractivity contribution in [3.05, 3.63) is 46.7 Å². The van der Waals surface area contributed by atoms with Gasteiger partial charge in [0.05, 0.1) is 10.7 Å². The molecule has 5 heteroatoms. The molecule has 1 atom stereocenters. The fourth-order valence-corrected chi connectivity index (χ4v) is 2.14. The summed E-state index contributed by atoms with van der Waals surface area (Å²) in [5.41, 5.74) is 2.00. The van der Waals surface area contributed by atoms with Crippen LogP contribution in [-0.4, -0.2) is 15.7 Å². The van der Waals surface area contributed by atoms with Gasteiger partial charge < -0.3 is 5.32 Å². The minimum absolute atomic E-state index is 0.0727. The Kier molecular flexibility index (Phi) is 4.37. The van der Waals surface area contributed by atoms with Gasteiger partial charge in [-0.2, -0.15) is 5.10 Å². The van der Waals surface area contributed by atoms with E-state index in [1.807, 2.05) is 31.2 Å². The molecule has 0 radical (unpaired) electrons. The van der Waals surface area contributed by atoms with Gasteiger partial charge in [0.25, 0.3) is 0 Å². The smallest absolute Gasteiger partial charge is 0.248 e. The average Bonchev–Trinajstić information content (AvgIpc) is 2.85. The SMILES string of the molecule is CCc1ccccc1NC(=O)C(C)n1cc(Br)cn1. The van der Waals surface area contributed by atoms with Gasteiger partial charge >= 0.3 is 0 Å². The van der Waals surface area contributed by atoms with Crippen LogP contribution in [0, 0.1) is 0 Å². The number of aromatic nitrogens is 2. The van der Waals surface area contributed by atoms with Crippen LogP contribution in [0.25, 0.3) is 0 Å². The Bertz CT molecular complexity index is 580. The number of nitrogens with one attached hydrogen (secondary N) is 1. The van der Waals surface area contributed by atoms with Crippen LogP contribution >= 0.6 is 15.9 Å². The molecule has 1 amide bonds. The number of aryl methyl sites for hydroxylation is 1. The second-order valence-corrected chi connectivity index (χ2v) is 5.23. The van der Waals surface area contributed by atoms with Crippen molar-refractivity contribution in [1.82, 2.24) is 9.78 Å². The number of halogens is 1. The monoisotopic (exact) mass is 321 g/mol. The van der Waals surface area contributed by atoms with E-state index in [1.54, 1.807) is 17.1 Å². The van der Waals surface area contributed by atoms with Crippen LogP contribution in [0.1, 0.15) is 25.5 Å². The number of carbonyl (C=O) groups excluding carboxylic acids is 1. The van der Waals surface area contributed by atoms with Crippen molar-refractivity contribution in [3.63, 3.8) is 0 Å². The molecule has 100 valence electrons. The van der Waals surface area contributed by atoms with Crippen LogP contribution in [-0.2, 0) is 11.2 Å². The van der Waals surface area contributed by atoms with E-state index in [0.29, 0.717) is 0 Å². The topological polar surface area (TPSA) is 46.9 Å². The molecule has 0 fully saturated rings. The zero-order chi connectivity index (χ0) is 13.8. The van der Waals surface area contributed by atoms with Gasteiger partial charge in [0.2, 0.25) is 5.91 Å². The van der Waals surface area contributed by atoms with Gasteiger partial charge in [-0.25, -0.2) is 0 Å². The van der Waals surface area contributed by atoms with Crippen molar-refractivity contribution >= 4 is 27.5 Å². The van der Waals surface area contributed by atoms with E-state index in [9.17, 15) is 4.79 Å². The maximum atomic E-state index is 12.2. The van der Waals surface area contributed by atoms with Crippen molar-refractivity contribution in [2.45, 2.75) is 26.3 Å². The number of rotatable bonds is 4. The molecule has 19 heavy (non-hydrogen) atoms. The predicted molar refractivity (Wildman–Crippen MR) is 79.1 cm³/mol. The molecule has 1 heterocycles. The molecule has 0 aliphatic carbocycles. The second kappa shape index (κ2) is 6.02. The van der Waals surface area contributed by atoms with Gasteiger partial charge in [-0.3, -0.25) is 9.48 Å². The average molecular weight is 322 g/mol. The highest BCUT2D eigenvalue weighted by atomic mass is 79.9. The summed E-state index contributed by atoms with van der Waals surface area (Å²) in [5, 5.41) is 7.08. The molecule has 0 aliphatic rings. The van der Waals surface area contributed by atoms with Gasteiger partial charge in [0.1, 0.15) is 6.04 Å². The first-order valence-corrected chi connectivity index (χ1v) is 6.99. The molecular formula is C14H16BrN3O. The van der Waals surface area contributed by atoms with E-state index < -0.39 is 0 Å². The first-order valence-electron chi connectivity index (χ1n) is 6.20. The molecule has 1 unspecified atom stereocenters. The minimum Gasteiger partial charge on any atom is -0.324 e. The van der Waals surface area contributed by atoms with Crippen LogP contribution in [0.4, 0.5) is 5.69 Å². The summed E-state index contributed by atoms with van der Waals surface area (Å²) >= 11 is 3.32. The maximum Gasteiger partial charge on any atom is 0.248 e. The lowest BCUT2D eigenvalue weighted by molar-refractivity contribution is -0.119. The summed E-state index contributed by atoms with van der Waals surface area (Å²) in [6, 6.07) is 7.48. The summed E-state index contributed by atoms with van der Waals surface area (Å²) < 4.78 is 2.50. The number of carbonyl (C=O) groups is 1. The van der Waals surface area contributed by atoms with Crippen LogP contribution in [0.5, 0.6) is 0 Å². The first-order chi connectivity index (χ1) is 9.11. The standard InChI is InChI=1S/C14H16BrN3O/c1-3-11-6-4-5-7-13(11)17-14(19)10(2)18-9-12(15)8-16-18/h4-10H,3H2,1-2H3,(H,17,19). The number of benzene rings is 1. The number of anilines is 1. The lowest BCUT2D eigenvalue weighted by Crippen LogP contribution is -2.24. The van der Waals surface area contributed by atoms with Crippen molar-refractivity contribution in [2.24, 2.45) is 0 Å². The summed E-state index contributed by atoms with van der Waals surface area (Å²) in [5.74, 6) is -0.0727. The zero-order valence-electron chi connectivity index (χ0n) is 10.9. The minimum atomic E-state index is -0.351. The van der Waals surface area contributed by atoms with Crippen LogP contribution in [0.2, 0.25) is 0 Å². The molecule has 2 rings (SSSR count). The summed E-state index contributed by atoms with van der Waals surface area (Å²) in [4.78, 5) is 12.2. The molecule has 1 aromatic heterocycles. The fourth-order valence-electron chi connectivity index (χ4n) is 1.83. The van der Waals surface area contributed by atoms with Crippen LogP contribution in [0.3, 0.4) is 0 Å². The number of hydrogen-bond acceptors (Lipinski definition) is 2. The number of hydrogen-bond donors (Lipinski definition) is 1. The number of amides is 1. The molecule has 0 bridgehead atoms. The Hall–Kier alpha value is -1.62. The Labute approximate surface area is 120 Å². The fraction of sp³-hybridized carbons (Fsp3) is 0.286. The highest BCUT2D eigenvalue weighted by molar-refractivity contribution is 9.10. The third-order valence-corrected chi connectivity index (χ3v) is 3.41. The van der Waals surface area contributed by atoms with Crippen LogP contribution in [0.15, 0.2) is 41.1 Å². The van der Waals surface area contributed by atoms with Gasteiger partial charge in [-0.15, -0.1) is 0 Å². The van der Waals surface area contributed by atoms with Gasteiger partial charge in [-0.1, -0.05) is 25.1 Å². The van der Waals surface area contributed by atoms with E-state index in [0.717, 1.165) is 22.1 Å². The molecule has 2 aromatic rings. The number of para-hydroxylation sites is 1. The molecule has 4 nitrogen and oxygen atoms in total. The molecule has 0 aliphatic heterocycles. The van der Waals surface area contributed by atoms with Gasteiger partial charge in [-0.05, 0) is 40.9 Å². The third-order valence-electron chi connectivity index (χ3n) is 3.00. The molecule has 0 spiro atoms. The Morgan fingerprint density at radius 3 is 2.84 bits per heavy atom. The summed E-state index contributed by atoms with van der Waals surface area (Å²) in [6.07, 6.45) is 4.35. The Morgan fingerprint density at radius 1 is 1.47 bits per heavy atom. The highest BCUT2D eigenvalue weighted by Gasteiger charge is 2.16. The number of nitrogens with zero attached hydrogens (tertiary/aromatic N) is 2. The van der Waals surface area contributed by atoms with Crippen molar-refractivity contribution < 1.29 is 4.79 Å². The largest absolute Gasteiger partial charge is 0.324 e. The predicted octanol–water partition coefficient (Wildman–Crippen LogP) is 3.41. The molecule has 0 saturated carbocycles. The van der Waals surface area contributed by atoms with E-state index in [-0.39, 0.29) is 11.9 Å². The molecule has 1 N–H and O–H groups in total. The Balaban J connectivity index is 2.12. The van der Waals surface area contributed by atoms with Crippen molar-refractivity contribution in [3.8, 4) is 0 Å². The lowest BCUT2D eigenvalue weighted by Gasteiger charge is -2.14. The molecule has 0 saturated heterocycles. The Morgan fingerprint density at radius 2 is 2.21 bits per heavy atom.